The minimum atomic E-state index is -0.0453. The van der Waals surface area contributed by atoms with E-state index in [-0.39, 0.29) is 33.8 Å². The first-order valence-electron chi connectivity index (χ1n) is 24.0. The normalized spacial score (nSPS) is 15.9. The molecule has 7 aromatic rings. The largest absolute Gasteiger partial charge is 0.311 e. The van der Waals surface area contributed by atoms with E-state index in [1.807, 2.05) is 0 Å². The number of hydrogen-bond acceptors (Lipinski definition) is 2. The van der Waals surface area contributed by atoms with Crippen LogP contribution in [0.2, 0.25) is 0 Å². The maximum Gasteiger partial charge on any atom is 0.252 e. The molecular formula is C62H67BN2. The maximum atomic E-state index is 2.68. The quantitative estimate of drug-likeness (QED) is 0.163. The van der Waals surface area contributed by atoms with Gasteiger partial charge >= 0.3 is 0 Å². The van der Waals surface area contributed by atoms with Gasteiger partial charge in [0.25, 0.3) is 6.71 Å². The van der Waals surface area contributed by atoms with Crippen molar-refractivity contribution < 1.29 is 0 Å². The topological polar surface area (TPSA) is 6.48 Å². The standard InChI is InChI=1S/C62H67BN2/c1-39-32-55-57-56(33-39)65(52-30-26-42(59(5,6)7)34-47(52)46-23-19-18-22-45(46)40-20-16-15-17-21-40)54-37-49-48(61(11,12)38-62(49,13)14)36-51(54)63(57)50-35-43(60(8,9)10)27-31-53(50)64(55)44-28-24-41(25-29-44)58(2,3)4/h15-37H,38H2,1-14H3. The Kier molecular flexibility index (Phi) is 9.69. The fourth-order valence-electron chi connectivity index (χ4n) is 11.7. The third-order valence-corrected chi connectivity index (χ3v) is 15.0. The highest BCUT2D eigenvalue weighted by atomic mass is 15.2. The molecule has 3 aliphatic rings. The molecule has 2 heterocycles. The minimum absolute atomic E-state index is 0.0199. The van der Waals surface area contributed by atoms with Crippen LogP contribution >= 0.6 is 0 Å². The fourth-order valence-corrected chi connectivity index (χ4v) is 11.7. The summed E-state index contributed by atoms with van der Waals surface area (Å²) in [5, 5.41) is 0. The van der Waals surface area contributed by atoms with Crippen molar-refractivity contribution in [2.75, 3.05) is 9.80 Å². The summed E-state index contributed by atoms with van der Waals surface area (Å²) in [5.74, 6) is 0. The molecule has 0 atom stereocenters. The van der Waals surface area contributed by atoms with Crippen LogP contribution in [-0.2, 0) is 27.1 Å². The van der Waals surface area contributed by atoms with Crippen molar-refractivity contribution in [3.05, 3.63) is 173 Å². The molecule has 7 aromatic carbocycles. The maximum absolute atomic E-state index is 2.68. The first-order chi connectivity index (χ1) is 30.5. The highest BCUT2D eigenvalue weighted by Gasteiger charge is 2.48. The molecule has 0 saturated carbocycles. The molecule has 0 radical (unpaired) electrons. The average molecular weight is 851 g/mol. The Morgan fingerprint density at radius 1 is 0.431 bits per heavy atom. The lowest BCUT2D eigenvalue weighted by molar-refractivity contribution is 0.403. The second-order valence-corrected chi connectivity index (χ2v) is 23.9. The van der Waals surface area contributed by atoms with Crippen molar-refractivity contribution in [1.29, 1.82) is 0 Å². The molecule has 0 amide bonds. The van der Waals surface area contributed by atoms with Gasteiger partial charge in [0.15, 0.2) is 0 Å². The third-order valence-electron chi connectivity index (χ3n) is 15.0. The van der Waals surface area contributed by atoms with Gasteiger partial charge in [-0.2, -0.15) is 0 Å². The molecule has 328 valence electrons. The molecule has 0 saturated heterocycles. The van der Waals surface area contributed by atoms with E-state index in [1.54, 1.807) is 0 Å². The third kappa shape index (κ3) is 7.08. The summed E-state index contributed by atoms with van der Waals surface area (Å²) >= 11 is 0. The van der Waals surface area contributed by atoms with Gasteiger partial charge in [-0.15, -0.1) is 0 Å². The highest BCUT2D eigenvalue weighted by molar-refractivity contribution is 7.00. The van der Waals surface area contributed by atoms with Gasteiger partial charge in [-0.05, 0) is 155 Å². The molecule has 3 heteroatoms. The molecular weight excluding hydrogens is 784 g/mol. The molecule has 0 spiro atoms. The lowest BCUT2D eigenvalue weighted by atomic mass is 9.33. The summed E-state index contributed by atoms with van der Waals surface area (Å²) in [6, 6.07) is 54.3. The van der Waals surface area contributed by atoms with Gasteiger partial charge in [0.1, 0.15) is 0 Å². The SMILES string of the molecule is Cc1cc2c3c(c1)N(c1ccc(C(C)(C)C)cc1-c1ccccc1-c1ccccc1)c1cc4c(cc1B3c1cc(C(C)(C)C)ccc1N2c1ccc(C(C)(C)C)cc1)C(C)(C)CC4(C)C. The van der Waals surface area contributed by atoms with E-state index in [4.69, 9.17) is 0 Å². The van der Waals surface area contributed by atoms with Gasteiger partial charge < -0.3 is 9.80 Å². The minimum Gasteiger partial charge on any atom is -0.311 e. The molecule has 2 nitrogen and oxygen atoms in total. The van der Waals surface area contributed by atoms with E-state index in [0.717, 1.165) is 6.42 Å². The first-order valence-corrected chi connectivity index (χ1v) is 24.0. The van der Waals surface area contributed by atoms with E-state index in [1.165, 1.54) is 106 Å². The Morgan fingerprint density at radius 3 is 1.55 bits per heavy atom. The van der Waals surface area contributed by atoms with E-state index in [9.17, 15) is 0 Å². The van der Waals surface area contributed by atoms with Crippen molar-refractivity contribution in [3.8, 4) is 22.3 Å². The fraction of sp³-hybridized carbons (Fsp3) is 0.323. The zero-order chi connectivity index (χ0) is 46.2. The number of fused-ring (bicyclic) bond motifs is 5. The predicted molar refractivity (Wildman–Crippen MR) is 283 cm³/mol. The summed E-state index contributed by atoms with van der Waals surface area (Å²) in [4.78, 5) is 5.26. The van der Waals surface area contributed by atoms with Gasteiger partial charge in [0.2, 0.25) is 0 Å². The molecule has 0 bridgehead atoms. The van der Waals surface area contributed by atoms with Crippen LogP contribution in [0, 0.1) is 6.92 Å². The van der Waals surface area contributed by atoms with Crippen LogP contribution in [0.4, 0.5) is 34.1 Å². The van der Waals surface area contributed by atoms with Crippen LogP contribution < -0.4 is 26.2 Å². The number of benzene rings is 7. The second-order valence-electron chi connectivity index (χ2n) is 23.9. The van der Waals surface area contributed by atoms with Crippen molar-refractivity contribution in [3.63, 3.8) is 0 Å². The summed E-state index contributed by atoms with van der Waals surface area (Å²) in [5.41, 5.74) is 24.9. The van der Waals surface area contributed by atoms with Crippen LogP contribution in [-0.4, -0.2) is 6.71 Å². The van der Waals surface area contributed by atoms with Crippen molar-refractivity contribution in [2.24, 2.45) is 0 Å². The molecule has 65 heavy (non-hydrogen) atoms. The molecule has 10 rings (SSSR count). The zero-order valence-corrected chi connectivity index (χ0v) is 41.5. The lowest BCUT2D eigenvalue weighted by Crippen LogP contribution is -2.61. The van der Waals surface area contributed by atoms with E-state index >= 15 is 0 Å². The van der Waals surface area contributed by atoms with Gasteiger partial charge in [-0.1, -0.05) is 181 Å². The Bertz CT molecular complexity index is 3020. The average Bonchev–Trinajstić information content (AvgIpc) is 3.43. The summed E-state index contributed by atoms with van der Waals surface area (Å²) in [6.45, 7) is 33.2. The van der Waals surface area contributed by atoms with E-state index in [2.05, 4.69) is 246 Å². The Labute approximate surface area is 390 Å². The molecule has 0 aromatic heterocycles. The Balaban J connectivity index is 1.34. The number of anilines is 6. The van der Waals surface area contributed by atoms with Gasteiger partial charge in [-0.3, -0.25) is 0 Å². The summed E-state index contributed by atoms with van der Waals surface area (Å²) < 4.78 is 0. The van der Waals surface area contributed by atoms with Crippen molar-refractivity contribution in [2.45, 2.75) is 130 Å². The van der Waals surface area contributed by atoms with Gasteiger partial charge in [0.05, 0.1) is 5.69 Å². The predicted octanol–water partition coefficient (Wildman–Crippen LogP) is 15.3. The van der Waals surface area contributed by atoms with Crippen LogP contribution in [0.5, 0.6) is 0 Å². The smallest absolute Gasteiger partial charge is 0.252 e. The number of hydrogen-bond donors (Lipinski definition) is 0. The first kappa shape index (κ1) is 43.1. The Morgan fingerprint density at radius 2 is 0.938 bits per heavy atom. The van der Waals surface area contributed by atoms with Crippen LogP contribution in [0.3, 0.4) is 0 Å². The number of nitrogens with zero attached hydrogens (tertiary/aromatic N) is 2. The second kappa shape index (κ2) is 14.6. The molecule has 0 fully saturated rings. The molecule has 0 unspecified atom stereocenters. The monoisotopic (exact) mass is 851 g/mol. The van der Waals surface area contributed by atoms with Crippen molar-refractivity contribution in [1.82, 2.24) is 0 Å². The van der Waals surface area contributed by atoms with E-state index < -0.39 is 0 Å². The summed E-state index contributed by atoms with van der Waals surface area (Å²) in [6.07, 6.45) is 1.11. The van der Waals surface area contributed by atoms with Crippen LogP contribution in [0.15, 0.2) is 140 Å². The van der Waals surface area contributed by atoms with Gasteiger partial charge in [0, 0.05) is 34.0 Å². The zero-order valence-electron chi connectivity index (χ0n) is 41.5. The molecule has 0 N–H and O–H groups in total. The van der Waals surface area contributed by atoms with Crippen molar-refractivity contribution >= 4 is 57.2 Å². The number of rotatable bonds is 4. The van der Waals surface area contributed by atoms with Gasteiger partial charge in [-0.25, -0.2) is 0 Å². The highest BCUT2D eigenvalue weighted by Crippen LogP contribution is 2.54. The molecule has 2 aliphatic heterocycles. The summed E-state index contributed by atoms with van der Waals surface area (Å²) in [7, 11) is 0. The van der Waals surface area contributed by atoms with E-state index in [0.29, 0.717) is 0 Å². The van der Waals surface area contributed by atoms with Crippen LogP contribution in [0.25, 0.3) is 22.3 Å². The van der Waals surface area contributed by atoms with Crippen LogP contribution in [0.1, 0.15) is 130 Å². The number of aryl methyl sites for hydroxylation is 1. The lowest BCUT2D eigenvalue weighted by Gasteiger charge is -2.45. The Hall–Kier alpha value is -5.80. The molecule has 1 aliphatic carbocycles.